The highest BCUT2D eigenvalue weighted by molar-refractivity contribution is 5.40. The normalized spacial score (nSPS) is 10.7. The molecule has 0 spiro atoms. The molecule has 1 N–H and O–H groups in total. The molecule has 0 aromatic heterocycles. The van der Waals surface area contributed by atoms with Gasteiger partial charge in [-0.3, -0.25) is 0 Å². The molecule has 0 aliphatic heterocycles. The van der Waals surface area contributed by atoms with Crippen molar-refractivity contribution in [3.05, 3.63) is 59.2 Å². The lowest BCUT2D eigenvalue weighted by Gasteiger charge is -2.13. The van der Waals surface area contributed by atoms with E-state index in [9.17, 15) is 8.78 Å². The molecular weight excluding hydrogens is 272 g/mol. The maximum Gasteiger partial charge on any atom is 0.168 e. The van der Waals surface area contributed by atoms with Gasteiger partial charge in [0.15, 0.2) is 11.6 Å². The van der Waals surface area contributed by atoms with Crippen molar-refractivity contribution in [2.45, 2.75) is 26.8 Å². The van der Waals surface area contributed by atoms with E-state index in [1.807, 2.05) is 19.1 Å². The van der Waals surface area contributed by atoms with Crippen LogP contribution >= 0.6 is 0 Å². The number of halogens is 2. The van der Waals surface area contributed by atoms with Crippen LogP contribution in [-0.2, 0) is 6.54 Å². The van der Waals surface area contributed by atoms with Crippen molar-refractivity contribution < 1.29 is 13.5 Å². The molecule has 0 fully saturated rings. The maximum atomic E-state index is 13.7. The van der Waals surface area contributed by atoms with Gasteiger partial charge in [-0.05, 0) is 38.1 Å². The van der Waals surface area contributed by atoms with Crippen molar-refractivity contribution in [2.75, 3.05) is 6.54 Å². The lowest BCUT2D eigenvalue weighted by molar-refractivity contribution is 0.431. The molecule has 2 aromatic rings. The molecule has 0 bridgehead atoms. The molecule has 0 aliphatic rings. The number of nitrogens with one attached hydrogen (secondary N) is 1. The van der Waals surface area contributed by atoms with Crippen molar-refractivity contribution in [1.82, 2.24) is 5.32 Å². The molecule has 0 unspecified atom stereocenters. The van der Waals surface area contributed by atoms with Gasteiger partial charge >= 0.3 is 0 Å². The maximum absolute atomic E-state index is 13.7. The zero-order valence-corrected chi connectivity index (χ0v) is 12.2. The van der Waals surface area contributed by atoms with Crippen LogP contribution in [0.25, 0.3) is 0 Å². The Bertz CT molecular complexity index is 614. The van der Waals surface area contributed by atoms with Crippen LogP contribution < -0.4 is 10.1 Å². The first kappa shape index (κ1) is 15.4. The third-order valence-electron chi connectivity index (χ3n) is 3.07. The number of rotatable bonds is 6. The Kier molecular flexibility index (Phi) is 5.28. The van der Waals surface area contributed by atoms with Crippen LogP contribution in [0.4, 0.5) is 8.78 Å². The van der Waals surface area contributed by atoms with Gasteiger partial charge < -0.3 is 10.1 Å². The highest BCUT2D eigenvalue weighted by Crippen LogP contribution is 2.28. The van der Waals surface area contributed by atoms with Crippen molar-refractivity contribution in [1.29, 1.82) is 0 Å². The second-order valence-corrected chi connectivity index (χ2v) is 4.96. The van der Waals surface area contributed by atoms with Gasteiger partial charge in [-0.25, -0.2) is 8.78 Å². The van der Waals surface area contributed by atoms with Crippen LogP contribution in [0.1, 0.15) is 24.5 Å². The van der Waals surface area contributed by atoms with E-state index in [2.05, 4.69) is 12.2 Å². The average molecular weight is 291 g/mol. The Morgan fingerprint density at radius 1 is 1.05 bits per heavy atom. The van der Waals surface area contributed by atoms with Gasteiger partial charge in [-0.1, -0.05) is 24.6 Å². The first-order chi connectivity index (χ1) is 10.1. The summed E-state index contributed by atoms with van der Waals surface area (Å²) >= 11 is 0. The van der Waals surface area contributed by atoms with Gasteiger partial charge in [0.05, 0.1) is 0 Å². The molecule has 0 atom stereocenters. The Morgan fingerprint density at radius 3 is 2.52 bits per heavy atom. The quantitative estimate of drug-likeness (QED) is 0.787. The lowest BCUT2D eigenvalue weighted by atomic mass is 10.1. The molecule has 0 amide bonds. The molecule has 0 saturated heterocycles. The highest BCUT2D eigenvalue weighted by Gasteiger charge is 2.09. The summed E-state index contributed by atoms with van der Waals surface area (Å²) in [4.78, 5) is 0. The monoisotopic (exact) mass is 291 g/mol. The summed E-state index contributed by atoms with van der Waals surface area (Å²) in [5.41, 5.74) is 2.06. The molecule has 2 nitrogen and oxygen atoms in total. The van der Waals surface area contributed by atoms with Crippen LogP contribution in [-0.4, -0.2) is 6.54 Å². The van der Waals surface area contributed by atoms with Crippen molar-refractivity contribution in [3.63, 3.8) is 0 Å². The lowest BCUT2D eigenvalue weighted by Crippen LogP contribution is -2.14. The van der Waals surface area contributed by atoms with Gasteiger partial charge in [0, 0.05) is 18.2 Å². The van der Waals surface area contributed by atoms with Gasteiger partial charge in [-0.15, -0.1) is 0 Å². The minimum Gasteiger partial charge on any atom is -0.454 e. The summed E-state index contributed by atoms with van der Waals surface area (Å²) in [7, 11) is 0. The Balaban J connectivity index is 2.22. The van der Waals surface area contributed by atoms with Crippen molar-refractivity contribution in [2.24, 2.45) is 0 Å². The average Bonchev–Trinajstić information content (AvgIpc) is 2.44. The van der Waals surface area contributed by atoms with Crippen molar-refractivity contribution in [3.8, 4) is 11.5 Å². The molecule has 112 valence electrons. The SMILES string of the molecule is CCCNCc1cc(C)ccc1Oc1ccc(F)cc1F. The number of benzene rings is 2. The summed E-state index contributed by atoms with van der Waals surface area (Å²) in [6.45, 7) is 5.63. The topological polar surface area (TPSA) is 21.3 Å². The fourth-order valence-electron chi connectivity index (χ4n) is 2.02. The standard InChI is InChI=1S/C17H19F2NO/c1-3-8-20-11-13-9-12(2)4-6-16(13)21-17-7-5-14(18)10-15(17)19/h4-7,9-10,20H,3,8,11H2,1-2H3. The molecule has 2 rings (SSSR count). The smallest absolute Gasteiger partial charge is 0.168 e. The molecular formula is C17H19F2NO. The number of hydrogen-bond acceptors (Lipinski definition) is 2. The van der Waals surface area contributed by atoms with Gasteiger partial charge in [-0.2, -0.15) is 0 Å². The summed E-state index contributed by atoms with van der Waals surface area (Å²) in [6.07, 6.45) is 1.04. The Labute approximate surface area is 123 Å². The van der Waals surface area contributed by atoms with Crippen LogP contribution in [0.5, 0.6) is 11.5 Å². The van der Waals surface area contributed by atoms with Crippen LogP contribution in [0.15, 0.2) is 36.4 Å². The third-order valence-corrected chi connectivity index (χ3v) is 3.07. The highest BCUT2D eigenvalue weighted by atomic mass is 19.1. The number of aryl methyl sites for hydroxylation is 1. The van der Waals surface area contributed by atoms with E-state index in [4.69, 9.17) is 4.74 Å². The second kappa shape index (κ2) is 7.18. The summed E-state index contributed by atoms with van der Waals surface area (Å²) in [5, 5.41) is 3.29. The Hall–Kier alpha value is -1.94. The predicted molar refractivity (Wildman–Crippen MR) is 79.6 cm³/mol. The largest absolute Gasteiger partial charge is 0.454 e. The fourth-order valence-corrected chi connectivity index (χ4v) is 2.02. The molecule has 0 radical (unpaired) electrons. The third kappa shape index (κ3) is 4.26. The van der Waals surface area contributed by atoms with Crippen LogP contribution in [0, 0.1) is 18.6 Å². The van der Waals surface area contributed by atoms with E-state index in [0.29, 0.717) is 12.3 Å². The van der Waals surface area contributed by atoms with Gasteiger partial charge in [0.25, 0.3) is 0 Å². The molecule has 4 heteroatoms. The second-order valence-electron chi connectivity index (χ2n) is 4.96. The first-order valence-electron chi connectivity index (χ1n) is 7.03. The summed E-state index contributed by atoms with van der Waals surface area (Å²) in [5.74, 6) is -0.719. The van der Waals surface area contributed by atoms with Crippen molar-refractivity contribution >= 4 is 0 Å². The Morgan fingerprint density at radius 2 is 1.81 bits per heavy atom. The van der Waals surface area contributed by atoms with Crippen LogP contribution in [0.2, 0.25) is 0 Å². The minimum absolute atomic E-state index is 0.0250. The van der Waals surface area contributed by atoms with E-state index < -0.39 is 11.6 Å². The van der Waals surface area contributed by atoms with E-state index in [0.717, 1.165) is 30.2 Å². The predicted octanol–water partition coefficient (Wildman–Crippen LogP) is 4.57. The minimum atomic E-state index is -0.706. The van der Waals surface area contributed by atoms with Crippen LogP contribution in [0.3, 0.4) is 0 Å². The summed E-state index contributed by atoms with van der Waals surface area (Å²) in [6, 6.07) is 9.01. The van der Waals surface area contributed by atoms with E-state index in [1.165, 1.54) is 12.1 Å². The first-order valence-corrected chi connectivity index (χ1v) is 7.03. The number of hydrogen-bond donors (Lipinski definition) is 1. The van der Waals surface area contributed by atoms with Gasteiger partial charge in [0.1, 0.15) is 11.6 Å². The molecule has 2 aromatic carbocycles. The van der Waals surface area contributed by atoms with E-state index in [1.54, 1.807) is 6.07 Å². The zero-order valence-electron chi connectivity index (χ0n) is 12.2. The number of ether oxygens (including phenoxy) is 1. The molecule has 21 heavy (non-hydrogen) atoms. The zero-order chi connectivity index (χ0) is 15.2. The molecule has 0 heterocycles. The molecule has 0 aliphatic carbocycles. The van der Waals surface area contributed by atoms with E-state index in [-0.39, 0.29) is 5.75 Å². The van der Waals surface area contributed by atoms with Gasteiger partial charge in [0.2, 0.25) is 0 Å². The fraction of sp³-hybridized carbons (Fsp3) is 0.294. The van der Waals surface area contributed by atoms with E-state index >= 15 is 0 Å². The molecule has 0 saturated carbocycles. The summed E-state index contributed by atoms with van der Waals surface area (Å²) < 4.78 is 32.2.